The van der Waals surface area contributed by atoms with E-state index in [1.165, 1.54) is 38.5 Å². The maximum atomic E-state index is 11.3. The normalized spacial score (nSPS) is 10.5. The Morgan fingerprint density at radius 3 is 1.86 bits per heavy atom. The Bertz CT molecular complexity index is 357. The van der Waals surface area contributed by atoms with E-state index in [-0.39, 0.29) is 68.4 Å². The summed E-state index contributed by atoms with van der Waals surface area (Å²) >= 11 is 0. The molecule has 0 spiro atoms. The molecule has 0 aromatic rings. The van der Waals surface area contributed by atoms with E-state index in [4.69, 9.17) is 5.11 Å². The quantitative estimate of drug-likeness (QED) is 0.216. The molecule has 0 aliphatic rings. The van der Waals surface area contributed by atoms with Gasteiger partial charge in [-0.1, -0.05) is 58.3 Å². The monoisotopic (exact) mass is 356 g/mol. The molecule has 0 bridgehead atoms. The van der Waals surface area contributed by atoms with Gasteiger partial charge in [-0.2, -0.15) is 8.42 Å². The van der Waals surface area contributed by atoms with E-state index in [2.05, 4.69) is 11.1 Å². The van der Waals surface area contributed by atoms with Gasteiger partial charge < -0.3 is 12.1 Å². The molecule has 0 fully saturated rings. The molecule has 124 valence electrons. The van der Waals surface area contributed by atoms with Gasteiger partial charge in [-0.05, 0) is 6.42 Å². The standard InChI is InChI=1S/C14H28O5S.2Na.2H/c1-2-3-4-5-6-7-8-9-10-11-14(16)19-20(17,18)13-12-15;;;;/h15H,2-13H2,1H3;;;;/q;2*+1;2*-1. The topological polar surface area (TPSA) is 80.7 Å². The van der Waals surface area contributed by atoms with Crippen LogP contribution in [-0.2, 0) is 19.1 Å². The molecule has 0 aromatic heterocycles. The van der Waals surface area contributed by atoms with Crippen LogP contribution in [-0.4, -0.2) is 31.9 Å². The van der Waals surface area contributed by atoms with Crippen LogP contribution in [0.3, 0.4) is 0 Å². The first kappa shape index (κ1) is 28.2. The van der Waals surface area contributed by atoms with Crippen molar-refractivity contribution < 1.29 is 84.5 Å². The molecule has 0 amide bonds. The van der Waals surface area contributed by atoms with Crippen molar-refractivity contribution in [1.29, 1.82) is 0 Å². The Morgan fingerprint density at radius 1 is 0.955 bits per heavy atom. The van der Waals surface area contributed by atoms with E-state index >= 15 is 0 Å². The molecule has 0 heterocycles. The third-order valence-corrected chi connectivity index (χ3v) is 4.17. The van der Waals surface area contributed by atoms with Crippen LogP contribution in [0.25, 0.3) is 0 Å². The number of rotatable bonds is 13. The third-order valence-electron chi connectivity index (χ3n) is 3.05. The van der Waals surface area contributed by atoms with Gasteiger partial charge in [-0.15, -0.1) is 0 Å². The fourth-order valence-corrected chi connectivity index (χ4v) is 2.59. The Morgan fingerprint density at radius 2 is 1.41 bits per heavy atom. The van der Waals surface area contributed by atoms with Crippen LogP contribution in [0.2, 0.25) is 0 Å². The van der Waals surface area contributed by atoms with E-state index in [1.807, 2.05) is 0 Å². The second-order valence-electron chi connectivity index (χ2n) is 5.02. The predicted octanol–water partition coefficient (Wildman–Crippen LogP) is -2.99. The number of hydrogen-bond donors (Lipinski definition) is 1. The van der Waals surface area contributed by atoms with Gasteiger partial charge in [0.2, 0.25) is 0 Å². The molecule has 0 saturated carbocycles. The number of aliphatic hydroxyl groups is 1. The maximum Gasteiger partial charge on any atom is 1.00 e. The Kier molecular flexibility index (Phi) is 24.0. The van der Waals surface area contributed by atoms with Crippen LogP contribution in [0, 0.1) is 0 Å². The number of aliphatic hydroxyl groups excluding tert-OH is 1. The van der Waals surface area contributed by atoms with Crippen molar-refractivity contribution in [2.45, 2.75) is 71.1 Å². The van der Waals surface area contributed by atoms with Gasteiger partial charge in [0, 0.05) is 6.42 Å². The molecular formula is C14H30Na2O5S. The van der Waals surface area contributed by atoms with Gasteiger partial charge in [0.1, 0.15) is 5.75 Å². The van der Waals surface area contributed by atoms with Crippen molar-refractivity contribution in [3.05, 3.63) is 0 Å². The average molecular weight is 356 g/mol. The Labute approximate surface area is 182 Å². The molecule has 0 unspecified atom stereocenters. The minimum absolute atomic E-state index is 0. The molecule has 0 aliphatic heterocycles. The molecule has 0 atom stereocenters. The van der Waals surface area contributed by atoms with Gasteiger partial charge in [0.15, 0.2) is 0 Å². The molecule has 0 radical (unpaired) electrons. The summed E-state index contributed by atoms with van der Waals surface area (Å²) in [6.07, 6.45) is 10.3. The van der Waals surface area contributed by atoms with Gasteiger partial charge in [0.25, 0.3) is 0 Å². The smallest absolute Gasteiger partial charge is 1.00 e. The maximum absolute atomic E-state index is 11.3. The number of carbonyl (C=O) groups excluding carboxylic acids is 1. The van der Waals surface area contributed by atoms with Crippen molar-refractivity contribution in [3.8, 4) is 0 Å². The van der Waals surface area contributed by atoms with Crippen LogP contribution in [0.5, 0.6) is 0 Å². The molecular weight excluding hydrogens is 326 g/mol. The van der Waals surface area contributed by atoms with Gasteiger partial charge in [-0.3, -0.25) is 4.79 Å². The zero-order valence-electron chi connectivity index (χ0n) is 16.5. The molecule has 1 N–H and O–H groups in total. The van der Waals surface area contributed by atoms with Crippen molar-refractivity contribution in [1.82, 2.24) is 0 Å². The fourth-order valence-electron chi connectivity index (χ4n) is 1.92. The first-order valence-electron chi connectivity index (χ1n) is 7.57. The van der Waals surface area contributed by atoms with Crippen LogP contribution in [0.4, 0.5) is 0 Å². The van der Waals surface area contributed by atoms with Crippen LogP contribution in [0.1, 0.15) is 74.0 Å². The molecule has 22 heavy (non-hydrogen) atoms. The van der Waals surface area contributed by atoms with E-state index in [0.29, 0.717) is 6.42 Å². The summed E-state index contributed by atoms with van der Waals surface area (Å²) in [5, 5.41) is 8.49. The zero-order chi connectivity index (χ0) is 15.3. The van der Waals surface area contributed by atoms with E-state index in [1.54, 1.807) is 0 Å². The first-order chi connectivity index (χ1) is 9.52. The Hall–Kier alpha value is 1.38. The van der Waals surface area contributed by atoms with Crippen molar-refractivity contribution >= 4 is 16.1 Å². The largest absolute Gasteiger partial charge is 1.00 e. The molecule has 0 aliphatic carbocycles. The summed E-state index contributed by atoms with van der Waals surface area (Å²) in [6, 6.07) is 0. The summed E-state index contributed by atoms with van der Waals surface area (Å²) in [4.78, 5) is 11.3. The third kappa shape index (κ3) is 19.4. The van der Waals surface area contributed by atoms with Crippen LogP contribution >= 0.6 is 0 Å². The number of hydrogen-bond acceptors (Lipinski definition) is 5. The van der Waals surface area contributed by atoms with E-state index in [9.17, 15) is 13.2 Å². The predicted molar refractivity (Wildman–Crippen MR) is 81.0 cm³/mol. The number of carbonyl (C=O) groups is 1. The summed E-state index contributed by atoms with van der Waals surface area (Å²) in [5.74, 6) is -1.25. The van der Waals surface area contributed by atoms with Crippen molar-refractivity contribution in [2.24, 2.45) is 0 Å². The first-order valence-corrected chi connectivity index (χ1v) is 9.15. The molecule has 5 nitrogen and oxygen atoms in total. The fraction of sp³-hybridized carbons (Fsp3) is 0.929. The van der Waals surface area contributed by atoms with Gasteiger partial charge >= 0.3 is 75.2 Å². The van der Waals surface area contributed by atoms with Crippen LogP contribution in [0.15, 0.2) is 0 Å². The van der Waals surface area contributed by atoms with E-state index < -0.39 is 28.4 Å². The number of unbranched alkanes of at least 4 members (excludes halogenated alkanes) is 8. The average Bonchev–Trinajstić information content (AvgIpc) is 2.36. The van der Waals surface area contributed by atoms with E-state index in [0.717, 1.165) is 12.8 Å². The Balaban J connectivity index is -0.000000301. The second-order valence-corrected chi connectivity index (χ2v) is 6.71. The van der Waals surface area contributed by atoms with Gasteiger partial charge in [0.05, 0.1) is 6.61 Å². The molecule has 0 rings (SSSR count). The minimum Gasteiger partial charge on any atom is -1.00 e. The van der Waals surface area contributed by atoms with Gasteiger partial charge in [-0.25, -0.2) is 0 Å². The summed E-state index contributed by atoms with van der Waals surface area (Å²) in [7, 11) is -3.89. The minimum atomic E-state index is -3.89. The van der Waals surface area contributed by atoms with Crippen molar-refractivity contribution in [3.63, 3.8) is 0 Å². The summed E-state index contributed by atoms with van der Waals surface area (Å²) in [5.41, 5.74) is 0. The zero-order valence-corrected chi connectivity index (χ0v) is 19.3. The molecule has 8 heteroatoms. The molecule has 0 saturated heterocycles. The summed E-state index contributed by atoms with van der Waals surface area (Å²) in [6.45, 7) is 1.66. The summed E-state index contributed by atoms with van der Waals surface area (Å²) < 4.78 is 26.5. The second kappa shape index (κ2) is 18.7. The molecule has 0 aromatic carbocycles. The van der Waals surface area contributed by atoms with Crippen LogP contribution < -0.4 is 59.1 Å². The van der Waals surface area contributed by atoms with Crippen molar-refractivity contribution in [2.75, 3.05) is 12.4 Å². The SMILES string of the molecule is CCCCCCCCCCCC(=O)OS(=O)(=O)CCO.[H-].[H-].[Na+].[Na+].